The van der Waals surface area contributed by atoms with Crippen LogP contribution in [0.5, 0.6) is 0 Å². The Morgan fingerprint density at radius 3 is 2.89 bits per heavy atom. The van der Waals surface area contributed by atoms with Crippen LogP contribution >= 0.6 is 0 Å². The van der Waals surface area contributed by atoms with Gasteiger partial charge in [0.25, 0.3) is 5.91 Å². The van der Waals surface area contributed by atoms with Crippen LogP contribution in [0.25, 0.3) is 0 Å². The van der Waals surface area contributed by atoms with Crippen molar-refractivity contribution >= 4 is 5.91 Å². The molecular weight excluding hydrogens is 242 g/mol. The van der Waals surface area contributed by atoms with E-state index in [0.29, 0.717) is 26.1 Å². The van der Waals surface area contributed by atoms with Crippen molar-refractivity contribution in [1.82, 2.24) is 4.90 Å². The van der Waals surface area contributed by atoms with Gasteiger partial charge in [0.2, 0.25) is 0 Å². The number of β-amino-alcohol motifs (C(OH)–C–C–N with tert-alkyl or cyclic N) is 1. The van der Waals surface area contributed by atoms with Crippen LogP contribution < -0.4 is 0 Å². The minimum Gasteiger partial charge on any atom is -0.388 e. The van der Waals surface area contributed by atoms with Gasteiger partial charge in [0, 0.05) is 38.8 Å². The first kappa shape index (κ1) is 14.0. The van der Waals surface area contributed by atoms with Crippen molar-refractivity contribution < 1.29 is 14.6 Å². The molecule has 1 heterocycles. The molecule has 0 bridgehead atoms. The van der Waals surface area contributed by atoms with Gasteiger partial charge in [-0.15, -0.1) is 0 Å². The first-order valence-electron chi connectivity index (χ1n) is 6.62. The Balaban J connectivity index is 2.06. The molecule has 1 aliphatic heterocycles. The fourth-order valence-electron chi connectivity index (χ4n) is 2.44. The minimum atomic E-state index is -0.905. The van der Waals surface area contributed by atoms with Crippen molar-refractivity contribution in [3.05, 3.63) is 35.4 Å². The van der Waals surface area contributed by atoms with Gasteiger partial charge in [0.15, 0.2) is 0 Å². The van der Waals surface area contributed by atoms with E-state index in [0.717, 1.165) is 17.5 Å². The van der Waals surface area contributed by atoms with Gasteiger partial charge in [-0.1, -0.05) is 18.2 Å². The molecule has 0 aromatic heterocycles. The molecule has 0 radical (unpaired) electrons. The second kappa shape index (κ2) is 5.72. The van der Waals surface area contributed by atoms with Gasteiger partial charge < -0.3 is 14.7 Å². The first-order valence-corrected chi connectivity index (χ1v) is 6.62. The van der Waals surface area contributed by atoms with Crippen LogP contribution in [-0.2, 0) is 11.2 Å². The Hall–Kier alpha value is -1.39. The molecule has 104 valence electrons. The maximum Gasteiger partial charge on any atom is 0.254 e. The zero-order valence-electron chi connectivity index (χ0n) is 11.6. The van der Waals surface area contributed by atoms with Crippen LogP contribution in [-0.4, -0.2) is 48.3 Å². The molecule has 0 fully saturated rings. The third kappa shape index (κ3) is 3.33. The molecule has 4 heteroatoms. The topological polar surface area (TPSA) is 49.8 Å². The molecule has 0 saturated heterocycles. The number of nitrogens with zero attached hydrogens (tertiary/aromatic N) is 1. The van der Waals surface area contributed by atoms with E-state index in [9.17, 15) is 9.90 Å². The minimum absolute atomic E-state index is 0.0135. The quantitative estimate of drug-likeness (QED) is 0.875. The molecule has 0 aliphatic carbocycles. The lowest BCUT2D eigenvalue weighted by Crippen LogP contribution is -2.47. The van der Waals surface area contributed by atoms with Crippen LogP contribution in [0, 0.1) is 0 Å². The van der Waals surface area contributed by atoms with Gasteiger partial charge >= 0.3 is 0 Å². The van der Waals surface area contributed by atoms with E-state index in [2.05, 4.69) is 0 Å². The summed E-state index contributed by atoms with van der Waals surface area (Å²) < 4.78 is 4.99. The molecule has 0 spiro atoms. The molecule has 4 nitrogen and oxygen atoms in total. The van der Waals surface area contributed by atoms with Crippen molar-refractivity contribution in [2.75, 3.05) is 26.8 Å². The summed E-state index contributed by atoms with van der Waals surface area (Å²) in [5.74, 6) is 0.0135. The highest BCUT2D eigenvalue weighted by Crippen LogP contribution is 2.21. The Morgan fingerprint density at radius 1 is 1.42 bits per heavy atom. The lowest BCUT2D eigenvalue weighted by atomic mass is 9.96. The lowest BCUT2D eigenvalue weighted by molar-refractivity contribution is -0.00435. The highest BCUT2D eigenvalue weighted by atomic mass is 16.5. The third-order valence-corrected chi connectivity index (χ3v) is 3.56. The van der Waals surface area contributed by atoms with E-state index in [1.54, 1.807) is 18.9 Å². The van der Waals surface area contributed by atoms with E-state index >= 15 is 0 Å². The average molecular weight is 263 g/mol. The average Bonchev–Trinajstić information content (AvgIpc) is 2.40. The van der Waals surface area contributed by atoms with Gasteiger partial charge in [0.05, 0.1) is 5.60 Å². The van der Waals surface area contributed by atoms with Crippen LogP contribution in [0.1, 0.15) is 29.3 Å². The van der Waals surface area contributed by atoms with E-state index in [-0.39, 0.29) is 5.91 Å². The normalized spacial score (nSPS) is 18.1. The molecule has 1 aliphatic rings. The molecule has 1 amide bonds. The van der Waals surface area contributed by atoms with Crippen molar-refractivity contribution in [1.29, 1.82) is 0 Å². The fourth-order valence-corrected chi connectivity index (χ4v) is 2.44. The van der Waals surface area contributed by atoms with Crippen LogP contribution in [0.3, 0.4) is 0 Å². The first-order chi connectivity index (χ1) is 9.03. The molecular formula is C15H21NO3. The highest BCUT2D eigenvalue weighted by molar-refractivity contribution is 5.96. The monoisotopic (exact) mass is 263 g/mol. The van der Waals surface area contributed by atoms with E-state index < -0.39 is 5.60 Å². The summed E-state index contributed by atoms with van der Waals surface area (Å²) in [5.41, 5.74) is 0.953. The third-order valence-electron chi connectivity index (χ3n) is 3.56. The Morgan fingerprint density at radius 2 is 2.16 bits per heavy atom. The smallest absolute Gasteiger partial charge is 0.254 e. The summed E-state index contributed by atoms with van der Waals surface area (Å²) in [7, 11) is 1.61. The van der Waals surface area contributed by atoms with Crippen LogP contribution in [0.15, 0.2) is 24.3 Å². The second-order valence-electron chi connectivity index (χ2n) is 5.37. The molecule has 1 unspecified atom stereocenters. The number of benzene rings is 1. The number of amides is 1. The van der Waals surface area contributed by atoms with Crippen molar-refractivity contribution in [3.8, 4) is 0 Å². The zero-order chi connectivity index (χ0) is 13.9. The van der Waals surface area contributed by atoms with E-state index in [1.807, 2.05) is 24.3 Å². The summed E-state index contributed by atoms with van der Waals surface area (Å²) in [4.78, 5) is 14.1. The number of carbonyl (C=O) groups is 1. The predicted octanol–water partition coefficient (Wildman–Crippen LogP) is 1.47. The van der Waals surface area contributed by atoms with Gasteiger partial charge in [-0.3, -0.25) is 4.79 Å². The molecule has 0 saturated carbocycles. The second-order valence-corrected chi connectivity index (χ2v) is 5.37. The van der Waals surface area contributed by atoms with E-state index in [1.165, 1.54) is 0 Å². The number of fused-ring (bicyclic) bond motifs is 1. The molecule has 19 heavy (non-hydrogen) atoms. The molecule has 1 aromatic carbocycles. The van der Waals surface area contributed by atoms with Crippen LogP contribution in [0.4, 0.5) is 0 Å². The molecule has 1 atom stereocenters. The Kier molecular flexibility index (Phi) is 4.22. The number of aliphatic hydroxyl groups is 1. The SMILES string of the molecule is COCCC(C)(O)CN1CCc2ccccc2C1=O. The summed E-state index contributed by atoms with van der Waals surface area (Å²) in [6.07, 6.45) is 1.37. The molecule has 2 rings (SSSR count). The van der Waals surface area contributed by atoms with Gasteiger partial charge in [-0.25, -0.2) is 0 Å². The van der Waals surface area contributed by atoms with Crippen LogP contribution in [0.2, 0.25) is 0 Å². The summed E-state index contributed by atoms with van der Waals surface area (Å²) in [5, 5.41) is 10.3. The Bertz CT molecular complexity index is 456. The standard InChI is InChI=1S/C15H21NO3/c1-15(18,8-10-19-2)11-16-9-7-12-5-3-4-6-13(12)14(16)17/h3-6,18H,7-11H2,1-2H3. The maximum absolute atomic E-state index is 12.4. The van der Waals surface area contributed by atoms with Crippen molar-refractivity contribution in [2.45, 2.75) is 25.4 Å². The lowest BCUT2D eigenvalue weighted by Gasteiger charge is -2.34. The molecule has 1 aromatic rings. The number of ether oxygens (including phenoxy) is 1. The van der Waals surface area contributed by atoms with Gasteiger partial charge in [0.1, 0.15) is 0 Å². The summed E-state index contributed by atoms with van der Waals surface area (Å²) in [6, 6.07) is 7.68. The zero-order valence-corrected chi connectivity index (χ0v) is 11.6. The van der Waals surface area contributed by atoms with Crippen molar-refractivity contribution in [3.63, 3.8) is 0 Å². The Labute approximate surface area is 114 Å². The van der Waals surface area contributed by atoms with E-state index in [4.69, 9.17) is 4.74 Å². The van der Waals surface area contributed by atoms with Crippen molar-refractivity contribution in [2.24, 2.45) is 0 Å². The number of hydrogen-bond acceptors (Lipinski definition) is 3. The van der Waals surface area contributed by atoms with Gasteiger partial charge in [-0.05, 0) is 25.0 Å². The predicted molar refractivity (Wildman–Crippen MR) is 73.2 cm³/mol. The summed E-state index contributed by atoms with van der Waals surface area (Å²) >= 11 is 0. The highest BCUT2D eigenvalue weighted by Gasteiger charge is 2.30. The fraction of sp³-hybridized carbons (Fsp3) is 0.533. The maximum atomic E-state index is 12.4. The number of hydrogen-bond donors (Lipinski definition) is 1. The molecule has 1 N–H and O–H groups in total. The number of rotatable bonds is 5. The van der Waals surface area contributed by atoms with Gasteiger partial charge in [-0.2, -0.15) is 0 Å². The summed E-state index contributed by atoms with van der Waals surface area (Å²) in [6.45, 7) is 3.26. The largest absolute Gasteiger partial charge is 0.388 e. The number of carbonyl (C=O) groups excluding carboxylic acids is 1. The number of methoxy groups -OCH3 is 1.